The second kappa shape index (κ2) is 11.8. The second-order valence-corrected chi connectivity index (χ2v) is 9.20. The van der Waals surface area contributed by atoms with Gasteiger partial charge in [-0.2, -0.15) is 0 Å². The van der Waals surface area contributed by atoms with E-state index in [1.165, 1.54) is 11.1 Å². The van der Waals surface area contributed by atoms with Gasteiger partial charge >= 0.3 is 0 Å². The van der Waals surface area contributed by atoms with Crippen molar-refractivity contribution in [1.29, 1.82) is 0 Å². The Balaban J connectivity index is 1.41. The summed E-state index contributed by atoms with van der Waals surface area (Å²) in [5.74, 6) is 2.75. The van der Waals surface area contributed by atoms with E-state index in [9.17, 15) is 0 Å². The Bertz CT molecular complexity index is 1090. The highest BCUT2D eigenvalue weighted by Gasteiger charge is 2.34. The summed E-state index contributed by atoms with van der Waals surface area (Å²) in [7, 11) is 3.21. The normalized spacial score (nSPS) is 21.5. The molecule has 3 aromatic carbocycles. The third kappa shape index (κ3) is 5.67. The van der Waals surface area contributed by atoms with E-state index >= 15 is 0 Å². The molecule has 190 valence electrons. The monoisotopic (exact) mass is 490 g/mol. The molecular weight excluding hydrogens is 456 g/mol. The van der Waals surface area contributed by atoms with Gasteiger partial charge in [0.05, 0.1) is 13.2 Å². The van der Waals surface area contributed by atoms with Crippen LogP contribution in [0, 0.1) is 0 Å². The van der Waals surface area contributed by atoms with Gasteiger partial charge in [-0.1, -0.05) is 48.5 Å². The first-order chi connectivity index (χ1) is 17.7. The molecule has 2 heterocycles. The van der Waals surface area contributed by atoms with E-state index < -0.39 is 6.29 Å². The molecule has 1 saturated heterocycles. The average molecular weight is 491 g/mol. The SMILES string of the molecule is COC(COc1ccc(C2c3ccc(OC4CCCCO4)cc3OCC2c2ccccc2)cc1)OC. The van der Waals surface area contributed by atoms with Gasteiger partial charge in [0.2, 0.25) is 0 Å². The number of hydrogen-bond donors (Lipinski definition) is 0. The molecule has 6 nitrogen and oxygen atoms in total. The smallest absolute Gasteiger partial charge is 0.199 e. The van der Waals surface area contributed by atoms with Crippen LogP contribution in [0.1, 0.15) is 47.8 Å². The molecule has 3 atom stereocenters. The highest BCUT2D eigenvalue weighted by molar-refractivity contribution is 5.51. The maximum absolute atomic E-state index is 6.31. The van der Waals surface area contributed by atoms with Gasteiger partial charge in [-0.3, -0.25) is 0 Å². The minimum atomic E-state index is -0.398. The number of rotatable bonds is 9. The predicted octanol–water partition coefficient (Wildman–Crippen LogP) is 5.90. The molecule has 3 aromatic rings. The molecule has 2 aliphatic heterocycles. The first kappa shape index (κ1) is 24.6. The molecule has 36 heavy (non-hydrogen) atoms. The van der Waals surface area contributed by atoms with E-state index in [1.807, 2.05) is 30.3 Å². The van der Waals surface area contributed by atoms with Crippen molar-refractivity contribution in [3.63, 3.8) is 0 Å². The summed E-state index contributed by atoms with van der Waals surface area (Å²) in [4.78, 5) is 0. The first-order valence-corrected chi connectivity index (χ1v) is 12.6. The van der Waals surface area contributed by atoms with Crippen LogP contribution >= 0.6 is 0 Å². The van der Waals surface area contributed by atoms with Crippen LogP contribution in [0.25, 0.3) is 0 Å². The van der Waals surface area contributed by atoms with Gasteiger partial charge in [0, 0.05) is 44.1 Å². The number of benzene rings is 3. The Morgan fingerprint density at radius 2 is 1.64 bits per heavy atom. The lowest BCUT2D eigenvalue weighted by Crippen LogP contribution is -2.26. The quantitative estimate of drug-likeness (QED) is 0.348. The van der Waals surface area contributed by atoms with E-state index in [-0.39, 0.29) is 18.1 Å². The Morgan fingerprint density at radius 1 is 0.861 bits per heavy atom. The fourth-order valence-corrected chi connectivity index (χ4v) is 4.99. The van der Waals surface area contributed by atoms with E-state index in [2.05, 4.69) is 42.5 Å². The molecule has 6 heteroatoms. The van der Waals surface area contributed by atoms with Crippen molar-refractivity contribution in [1.82, 2.24) is 0 Å². The summed E-state index contributed by atoms with van der Waals surface area (Å²) < 4.78 is 34.5. The lowest BCUT2D eigenvalue weighted by Gasteiger charge is -2.35. The van der Waals surface area contributed by atoms with Crippen molar-refractivity contribution < 1.29 is 28.4 Å². The molecule has 0 bridgehead atoms. The molecule has 3 unspecified atom stereocenters. The Labute approximate surface area is 213 Å². The topological polar surface area (TPSA) is 55.4 Å². The maximum Gasteiger partial charge on any atom is 0.199 e. The molecule has 0 N–H and O–H groups in total. The molecule has 5 rings (SSSR count). The van der Waals surface area contributed by atoms with Crippen molar-refractivity contribution in [3.05, 3.63) is 89.5 Å². The average Bonchev–Trinajstić information content (AvgIpc) is 2.94. The standard InChI is InChI=1S/C30H34O6/c1-31-29(32-2)20-34-23-13-11-22(12-14-23)30-25-16-15-24(36-28-10-6-7-17-33-28)18-27(25)35-19-26(30)21-8-4-3-5-9-21/h3-5,8-9,11-16,18,26,28-30H,6-7,10,17,19-20H2,1-2H3. The van der Waals surface area contributed by atoms with Crippen LogP contribution in [-0.4, -0.2) is 46.6 Å². The fourth-order valence-electron chi connectivity index (χ4n) is 4.99. The summed E-state index contributed by atoms with van der Waals surface area (Å²) in [6.07, 6.45) is 2.56. The van der Waals surface area contributed by atoms with Gasteiger partial charge in [0.15, 0.2) is 12.6 Å². The van der Waals surface area contributed by atoms with Crippen LogP contribution in [-0.2, 0) is 14.2 Å². The van der Waals surface area contributed by atoms with Crippen LogP contribution in [0.3, 0.4) is 0 Å². The molecule has 2 aliphatic rings. The van der Waals surface area contributed by atoms with Gasteiger partial charge in [-0.25, -0.2) is 0 Å². The van der Waals surface area contributed by atoms with Crippen molar-refractivity contribution in [2.45, 2.75) is 43.7 Å². The Hall–Kier alpha value is -3.06. The van der Waals surface area contributed by atoms with Crippen LogP contribution < -0.4 is 14.2 Å². The van der Waals surface area contributed by atoms with Crippen molar-refractivity contribution in [2.75, 3.05) is 34.0 Å². The van der Waals surface area contributed by atoms with Crippen LogP contribution in [0.5, 0.6) is 17.2 Å². The van der Waals surface area contributed by atoms with E-state index in [4.69, 9.17) is 28.4 Å². The predicted molar refractivity (Wildman–Crippen MR) is 137 cm³/mol. The highest BCUT2D eigenvalue weighted by Crippen LogP contribution is 2.47. The summed E-state index contributed by atoms with van der Waals surface area (Å²) in [6.45, 7) is 1.67. The molecule has 0 aliphatic carbocycles. The summed E-state index contributed by atoms with van der Waals surface area (Å²) in [5, 5.41) is 0. The minimum Gasteiger partial charge on any atom is -0.492 e. The third-order valence-electron chi connectivity index (χ3n) is 6.93. The zero-order valence-corrected chi connectivity index (χ0v) is 20.9. The maximum atomic E-state index is 6.31. The molecule has 0 aromatic heterocycles. The molecule has 0 saturated carbocycles. The summed E-state index contributed by atoms with van der Waals surface area (Å²) in [5.41, 5.74) is 3.62. The number of methoxy groups -OCH3 is 2. The zero-order chi connectivity index (χ0) is 24.7. The lowest BCUT2D eigenvalue weighted by atomic mass is 9.76. The molecule has 0 radical (unpaired) electrons. The summed E-state index contributed by atoms with van der Waals surface area (Å²) in [6, 6.07) is 25.0. The van der Waals surface area contributed by atoms with Crippen molar-refractivity contribution in [3.8, 4) is 17.2 Å². The zero-order valence-electron chi connectivity index (χ0n) is 20.9. The van der Waals surface area contributed by atoms with Gasteiger partial charge in [-0.05, 0) is 42.2 Å². The van der Waals surface area contributed by atoms with E-state index in [0.29, 0.717) is 13.2 Å². The van der Waals surface area contributed by atoms with E-state index in [0.717, 1.165) is 48.7 Å². The molecule has 1 fully saturated rings. The largest absolute Gasteiger partial charge is 0.492 e. The third-order valence-corrected chi connectivity index (χ3v) is 6.93. The fraction of sp³-hybridized carbons (Fsp3) is 0.400. The molecule has 0 amide bonds. The lowest BCUT2D eigenvalue weighted by molar-refractivity contribution is -0.121. The Morgan fingerprint density at radius 3 is 2.36 bits per heavy atom. The molecule has 0 spiro atoms. The number of ether oxygens (including phenoxy) is 6. The molecular formula is C30H34O6. The number of fused-ring (bicyclic) bond motifs is 1. The van der Waals surface area contributed by atoms with Crippen LogP contribution in [0.4, 0.5) is 0 Å². The Kier molecular flexibility index (Phi) is 8.06. The van der Waals surface area contributed by atoms with Gasteiger partial charge in [0.25, 0.3) is 0 Å². The second-order valence-electron chi connectivity index (χ2n) is 9.20. The van der Waals surface area contributed by atoms with Crippen LogP contribution in [0.15, 0.2) is 72.8 Å². The highest BCUT2D eigenvalue weighted by atomic mass is 16.7. The summed E-state index contributed by atoms with van der Waals surface area (Å²) >= 11 is 0. The minimum absolute atomic E-state index is 0.135. The van der Waals surface area contributed by atoms with Gasteiger partial charge in [0.1, 0.15) is 23.9 Å². The first-order valence-electron chi connectivity index (χ1n) is 12.6. The van der Waals surface area contributed by atoms with Crippen LogP contribution in [0.2, 0.25) is 0 Å². The number of hydrogen-bond acceptors (Lipinski definition) is 6. The van der Waals surface area contributed by atoms with Crippen molar-refractivity contribution >= 4 is 0 Å². The van der Waals surface area contributed by atoms with E-state index in [1.54, 1.807) is 14.2 Å². The van der Waals surface area contributed by atoms with Gasteiger partial charge < -0.3 is 28.4 Å². The van der Waals surface area contributed by atoms with Gasteiger partial charge in [-0.15, -0.1) is 0 Å². The van der Waals surface area contributed by atoms with Crippen molar-refractivity contribution in [2.24, 2.45) is 0 Å².